The number of fused-ring (bicyclic) bond motifs is 1. The van der Waals surface area contributed by atoms with Gasteiger partial charge in [-0.25, -0.2) is 0 Å². The molecule has 5 nitrogen and oxygen atoms in total. The molecule has 0 aliphatic carbocycles. The zero-order chi connectivity index (χ0) is 25.4. The van der Waals surface area contributed by atoms with Crippen molar-refractivity contribution in [2.75, 3.05) is 4.90 Å². The van der Waals surface area contributed by atoms with Gasteiger partial charge in [0, 0.05) is 11.3 Å². The fourth-order valence-corrected chi connectivity index (χ4v) is 4.43. The highest BCUT2D eigenvalue weighted by atomic mass is 19.4. The van der Waals surface area contributed by atoms with Crippen molar-refractivity contribution in [1.82, 2.24) is 0 Å². The van der Waals surface area contributed by atoms with Crippen molar-refractivity contribution in [2.24, 2.45) is 0 Å². The Morgan fingerprint density at radius 1 is 0.806 bits per heavy atom. The zero-order valence-corrected chi connectivity index (χ0v) is 18.6. The molecule has 0 saturated carbocycles. The van der Waals surface area contributed by atoms with E-state index < -0.39 is 29.8 Å². The number of hydrogen-bond donors (Lipinski definition) is 1. The average molecular weight is 489 g/mol. The Kier molecular flexibility index (Phi) is 5.72. The summed E-state index contributed by atoms with van der Waals surface area (Å²) < 4.78 is 41.7. The first-order chi connectivity index (χ1) is 17.2. The number of ether oxygens (including phenoxy) is 1. The Balaban J connectivity index is 1.67. The van der Waals surface area contributed by atoms with Crippen molar-refractivity contribution in [2.45, 2.75) is 12.4 Å². The van der Waals surface area contributed by atoms with Crippen molar-refractivity contribution in [3.05, 3.63) is 114 Å². The summed E-state index contributed by atoms with van der Waals surface area (Å²) in [7, 11) is 0. The Morgan fingerprint density at radius 3 is 2.14 bits per heavy atom. The van der Waals surface area contributed by atoms with Gasteiger partial charge >= 0.3 is 6.36 Å². The van der Waals surface area contributed by atoms with E-state index in [0.29, 0.717) is 16.5 Å². The average Bonchev–Trinajstić information content (AvgIpc) is 3.13. The minimum absolute atomic E-state index is 0.113. The maximum absolute atomic E-state index is 13.3. The number of rotatable bonds is 4. The van der Waals surface area contributed by atoms with Crippen molar-refractivity contribution < 1.29 is 32.6 Å². The van der Waals surface area contributed by atoms with E-state index in [0.717, 1.165) is 17.5 Å². The monoisotopic (exact) mass is 489 g/mol. The smallest absolute Gasteiger partial charge is 0.507 e. The molecular weight excluding hydrogens is 471 g/mol. The number of amides is 1. The second kappa shape index (κ2) is 8.88. The number of halogens is 3. The summed E-state index contributed by atoms with van der Waals surface area (Å²) >= 11 is 0. The lowest BCUT2D eigenvalue weighted by Gasteiger charge is -2.25. The zero-order valence-electron chi connectivity index (χ0n) is 18.6. The van der Waals surface area contributed by atoms with Crippen molar-refractivity contribution in [3.8, 4) is 5.75 Å². The van der Waals surface area contributed by atoms with Gasteiger partial charge < -0.3 is 9.84 Å². The molecule has 1 atom stereocenters. The number of Topliss-reactive ketones (excluding diaryl/α,β-unsaturated/α-hetero) is 1. The van der Waals surface area contributed by atoms with Gasteiger partial charge in [0.1, 0.15) is 11.5 Å². The first-order valence-corrected chi connectivity index (χ1v) is 10.9. The molecule has 1 unspecified atom stereocenters. The molecule has 4 aromatic carbocycles. The van der Waals surface area contributed by atoms with Crippen LogP contribution in [0.3, 0.4) is 0 Å². The van der Waals surface area contributed by atoms with Crippen LogP contribution in [0.25, 0.3) is 16.5 Å². The van der Waals surface area contributed by atoms with E-state index >= 15 is 0 Å². The van der Waals surface area contributed by atoms with Gasteiger partial charge in [-0.3, -0.25) is 14.5 Å². The van der Waals surface area contributed by atoms with Gasteiger partial charge in [0.2, 0.25) is 0 Å². The van der Waals surface area contributed by atoms with E-state index in [1.54, 1.807) is 54.6 Å². The third kappa shape index (κ3) is 4.17. The summed E-state index contributed by atoms with van der Waals surface area (Å²) in [6.45, 7) is 0. The largest absolute Gasteiger partial charge is 0.573 e. The highest BCUT2D eigenvalue weighted by Crippen LogP contribution is 2.43. The SMILES string of the molecule is O=C1C(=O)N(c2ccc(OC(F)(F)F)cc2)C(c2ccccc2)/C1=C(/O)c1cccc2ccccc12. The van der Waals surface area contributed by atoms with Crippen LogP contribution in [0.5, 0.6) is 5.75 Å². The molecule has 5 rings (SSSR count). The Hall–Kier alpha value is -4.59. The molecule has 1 aliphatic rings. The number of carbonyl (C=O) groups is 2. The fraction of sp³-hybridized carbons (Fsp3) is 0.0714. The van der Waals surface area contributed by atoms with Crippen LogP contribution in [0.1, 0.15) is 17.2 Å². The van der Waals surface area contributed by atoms with Gasteiger partial charge in [-0.1, -0.05) is 72.8 Å². The van der Waals surface area contributed by atoms with Crippen LogP contribution >= 0.6 is 0 Å². The molecule has 0 bridgehead atoms. The molecule has 1 N–H and O–H groups in total. The predicted molar refractivity (Wildman–Crippen MR) is 128 cm³/mol. The lowest BCUT2D eigenvalue weighted by Crippen LogP contribution is -2.29. The molecule has 0 radical (unpaired) electrons. The number of carbonyl (C=O) groups excluding carboxylic acids is 2. The quantitative estimate of drug-likeness (QED) is 0.206. The molecule has 180 valence electrons. The molecule has 36 heavy (non-hydrogen) atoms. The Morgan fingerprint density at radius 2 is 1.44 bits per heavy atom. The van der Waals surface area contributed by atoms with E-state index in [1.807, 2.05) is 18.2 Å². The number of ketones is 1. The molecule has 8 heteroatoms. The van der Waals surface area contributed by atoms with E-state index in [1.165, 1.54) is 17.0 Å². The van der Waals surface area contributed by atoms with E-state index in [2.05, 4.69) is 4.74 Å². The third-order valence-corrected chi connectivity index (χ3v) is 5.95. The van der Waals surface area contributed by atoms with Crippen LogP contribution in [-0.4, -0.2) is 23.2 Å². The number of benzene rings is 4. The van der Waals surface area contributed by atoms with Crippen molar-refractivity contribution >= 4 is 33.9 Å². The molecule has 1 saturated heterocycles. The van der Waals surface area contributed by atoms with Crippen LogP contribution in [0, 0.1) is 0 Å². The summed E-state index contributed by atoms with van der Waals surface area (Å²) in [6.07, 6.45) is -4.87. The number of nitrogens with zero attached hydrogens (tertiary/aromatic N) is 1. The highest BCUT2D eigenvalue weighted by Gasteiger charge is 2.47. The van der Waals surface area contributed by atoms with Gasteiger partial charge in [-0.05, 0) is 40.6 Å². The first kappa shape index (κ1) is 23.2. The molecular formula is C28H18F3NO4. The fourth-order valence-electron chi connectivity index (χ4n) is 4.43. The molecule has 4 aromatic rings. The summed E-state index contributed by atoms with van der Waals surface area (Å²) in [5.74, 6) is -2.60. The van der Waals surface area contributed by atoms with Gasteiger partial charge in [-0.15, -0.1) is 13.2 Å². The summed E-state index contributed by atoms with van der Waals surface area (Å²) in [5.41, 5.74) is 1.01. The Bertz CT molecular complexity index is 1490. The summed E-state index contributed by atoms with van der Waals surface area (Å²) in [6, 6.07) is 24.9. The summed E-state index contributed by atoms with van der Waals surface area (Å²) in [5, 5.41) is 12.9. The van der Waals surface area contributed by atoms with Gasteiger partial charge in [0.15, 0.2) is 0 Å². The molecule has 0 spiro atoms. The summed E-state index contributed by atoms with van der Waals surface area (Å²) in [4.78, 5) is 27.7. The van der Waals surface area contributed by atoms with Crippen LogP contribution in [-0.2, 0) is 9.59 Å². The topological polar surface area (TPSA) is 66.8 Å². The predicted octanol–water partition coefficient (Wildman–Crippen LogP) is 6.36. The lowest BCUT2D eigenvalue weighted by atomic mass is 9.93. The van der Waals surface area contributed by atoms with Crippen LogP contribution in [0.4, 0.5) is 18.9 Å². The molecule has 1 fully saturated rings. The molecule has 1 heterocycles. The van der Waals surface area contributed by atoms with Crippen LogP contribution < -0.4 is 9.64 Å². The number of alkyl halides is 3. The minimum atomic E-state index is -4.87. The number of hydrogen-bond acceptors (Lipinski definition) is 4. The maximum atomic E-state index is 13.3. The lowest BCUT2D eigenvalue weighted by molar-refractivity contribution is -0.274. The number of anilines is 1. The van der Waals surface area contributed by atoms with Crippen LogP contribution in [0.15, 0.2) is 103 Å². The maximum Gasteiger partial charge on any atom is 0.573 e. The van der Waals surface area contributed by atoms with Gasteiger partial charge in [0.05, 0.1) is 11.6 Å². The first-order valence-electron chi connectivity index (χ1n) is 10.9. The standard InChI is InChI=1S/C28H18F3NO4/c29-28(30,31)36-20-15-13-19(14-16-20)32-24(18-8-2-1-3-9-18)23(26(34)27(32)35)25(33)22-12-6-10-17-7-4-5-11-21(17)22/h1-16,24,33H/b25-23-. The second-order valence-electron chi connectivity index (χ2n) is 8.15. The van der Waals surface area contributed by atoms with E-state index in [4.69, 9.17) is 0 Å². The second-order valence-corrected chi connectivity index (χ2v) is 8.15. The Labute approximate surface area is 203 Å². The number of aliphatic hydroxyl groups excluding tert-OH is 1. The minimum Gasteiger partial charge on any atom is -0.507 e. The third-order valence-electron chi connectivity index (χ3n) is 5.95. The molecule has 0 aromatic heterocycles. The van der Waals surface area contributed by atoms with E-state index in [9.17, 15) is 27.9 Å². The highest BCUT2D eigenvalue weighted by molar-refractivity contribution is 6.51. The van der Waals surface area contributed by atoms with Crippen molar-refractivity contribution in [3.63, 3.8) is 0 Å². The van der Waals surface area contributed by atoms with Crippen molar-refractivity contribution in [1.29, 1.82) is 0 Å². The normalized spacial score (nSPS) is 17.5. The van der Waals surface area contributed by atoms with Crippen LogP contribution in [0.2, 0.25) is 0 Å². The molecule has 1 amide bonds. The molecule has 1 aliphatic heterocycles. The van der Waals surface area contributed by atoms with Gasteiger partial charge in [-0.2, -0.15) is 0 Å². The number of aliphatic hydroxyl groups is 1. The van der Waals surface area contributed by atoms with Gasteiger partial charge in [0.25, 0.3) is 11.7 Å². The van der Waals surface area contributed by atoms with E-state index in [-0.39, 0.29) is 17.0 Å².